The molecule has 2 heterocycles. The Hall–Kier alpha value is -1.66. The Kier molecular flexibility index (Phi) is 3.59. The fourth-order valence-electron chi connectivity index (χ4n) is 2.43. The smallest absolute Gasteiger partial charge is 0.256 e. The van der Waals surface area contributed by atoms with E-state index in [1.165, 1.54) is 6.07 Å². The van der Waals surface area contributed by atoms with Crippen LogP contribution in [-0.4, -0.2) is 32.1 Å². The fraction of sp³-hybridized carbons (Fsp3) is 0.308. The molecule has 8 heteroatoms. The van der Waals surface area contributed by atoms with E-state index in [0.29, 0.717) is 18.9 Å². The van der Waals surface area contributed by atoms with Gasteiger partial charge < -0.3 is 9.47 Å². The fourth-order valence-corrected chi connectivity index (χ4v) is 2.89. The summed E-state index contributed by atoms with van der Waals surface area (Å²) in [6.07, 6.45) is 1.63. The average Bonchev–Trinajstić information content (AvgIpc) is 2.92. The Morgan fingerprint density at radius 2 is 2.10 bits per heavy atom. The van der Waals surface area contributed by atoms with Crippen LogP contribution in [-0.2, 0) is 6.54 Å². The number of aromatic nitrogens is 3. The van der Waals surface area contributed by atoms with Crippen LogP contribution in [0.2, 0.25) is 10.0 Å². The van der Waals surface area contributed by atoms with Gasteiger partial charge in [-0.05, 0) is 19.1 Å². The molecular weight excluding hydrogens is 318 g/mol. The maximum Gasteiger partial charge on any atom is 0.256 e. The van der Waals surface area contributed by atoms with Crippen LogP contribution < -0.4 is 0 Å². The van der Waals surface area contributed by atoms with E-state index in [4.69, 9.17) is 23.2 Å². The van der Waals surface area contributed by atoms with Gasteiger partial charge in [-0.3, -0.25) is 4.79 Å². The van der Waals surface area contributed by atoms with Gasteiger partial charge in [-0.1, -0.05) is 23.2 Å². The minimum atomic E-state index is -0.669. The standard InChI is InChI=1S/C13H11Cl2FN4O/c1-7-12-18-17-6-19(12)2-3-20(7)13(21)8-4-11(16)10(15)5-9(8)14/h4-7H,2-3H2,1H3. The summed E-state index contributed by atoms with van der Waals surface area (Å²) >= 11 is 11.7. The number of benzene rings is 1. The highest BCUT2D eigenvalue weighted by atomic mass is 35.5. The zero-order valence-corrected chi connectivity index (χ0v) is 12.6. The summed E-state index contributed by atoms with van der Waals surface area (Å²) in [6, 6.07) is 2.05. The number of carbonyl (C=O) groups is 1. The number of fused-ring (bicyclic) bond motifs is 1. The molecule has 0 saturated heterocycles. The van der Waals surface area contributed by atoms with Gasteiger partial charge >= 0.3 is 0 Å². The largest absolute Gasteiger partial charge is 0.327 e. The molecule has 0 bridgehead atoms. The van der Waals surface area contributed by atoms with Crippen LogP contribution in [0.1, 0.15) is 29.1 Å². The average molecular weight is 329 g/mol. The number of amides is 1. The molecule has 0 N–H and O–H groups in total. The molecule has 5 nitrogen and oxygen atoms in total. The molecular formula is C13H11Cl2FN4O. The molecule has 3 rings (SSSR count). The van der Waals surface area contributed by atoms with Gasteiger partial charge in [0.25, 0.3) is 5.91 Å². The number of rotatable bonds is 1. The Morgan fingerprint density at radius 3 is 2.86 bits per heavy atom. The van der Waals surface area contributed by atoms with Crippen molar-refractivity contribution >= 4 is 29.1 Å². The highest BCUT2D eigenvalue weighted by Gasteiger charge is 2.31. The minimum Gasteiger partial charge on any atom is -0.327 e. The van der Waals surface area contributed by atoms with E-state index in [0.717, 1.165) is 6.07 Å². The van der Waals surface area contributed by atoms with Crippen molar-refractivity contribution in [3.8, 4) is 0 Å². The molecule has 110 valence electrons. The predicted octanol–water partition coefficient (Wildman–Crippen LogP) is 2.94. The van der Waals surface area contributed by atoms with Crippen LogP contribution in [0, 0.1) is 5.82 Å². The molecule has 2 aromatic rings. The summed E-state index contributed by atoms with van der Waals surface area (Å²) in [5.74, 6) is -0.324. The van der Waals surface area contributed by atoms with Crippen LogP contribution in [0.3, 0.4) is 0 Å². The number of halogens is 3. The topological polar surface area (TPSA) is 51.0 Å². The van der Waals surface area contributed by atoms with Crippen LogP contribution in [0.5, 0.6) is 0 Å². The first kappa shape index (κ1) is 14.3. The zero-order valence-electron chi connectivity index (χ0n) is 11.1. The second-order valence-corrected chi connectivity index (χ2v) is 5.62. The second-order valence-electron chi connectivity index (χ2n) is 4.80. The summed E-state index contributed by atoms with van der Waals surface area (Å²) in [5, 5.41) is 7.87. The summed E-state index contributed by atoms with van der Waals surface area (Å²) in [7, 11) is 0. The number of nitrogens with zero attached hydrogens (tertiary/aromatic N) is 4. The molecule has 1 aliphatic heterocycles. The van der Waals surface area contributed by atoms with Gasteiger partial charge in [-0.2, -0.15) is 0 Å². The van der Waals surface area contributed by atoms with Crippen molar-refractivity contribution in [1.29, 1.82) is 0 Å². The molecule has 0 spiro atoms. The maximum absolute atomic E-state index is 13.6. The predicted molar refractivity (Wildman–Crippen MR) is 75.9 cm³/mol. The summed E-state index contributed by atoms with van der Waals surface area (Å²) < 4.78 is 15.5. The third-order valence-electron chi connectivity index (χ3n) is 3.57. The molecule has 1 atom stereocenters. The Morgan fingerprint density at radius 1 is 1.33 bits per heavy atom. The van der Waals surface area contributed by atoms with Gasteiger partial charge in [0.05, 0.1) is 21.7 Å². The first-order chi connectivity index (χ1) is 9.99. The molecule has 1 unspecified atom stereocenters. The lowest BCUT2D eigenvalue weighted by atomic mass is 10.1. The van der Waals surface area contributed by atoms with E-state index in [2.05, 4.69) is 10.2 Å². The monoisotopic (exact) mass is 328 g/mol. The van der Waals surface area contributed by atoms with Crippen molar-refractivity contribution in [3.63, 3.8) is 0 Å². The zero-order chi connectivity index (χ0) is 15.1. The lowest BCUT2D eigenvalue weighted by Gasteiger charge is -2.33. The van der Waals surface area contributed by atoms with Crippen molar-refractivity contribution in [2.24, 2.45) is 0 Å². The van der Waals surface area contributed by atoms with Gasteiger partial charge in [0.1, 0.15) is 12.1 Å². The van der Waals surface area contributed by atoms with Crippen molar-refractivity contribution < 1.29 is 9.18 Å². The Labute approximate surface area is 130 Å². The van der Waals surface area contributed by atoms with Crippen molar-refractivity contribution in [1.82, 2.24) is 19.7 Å². The van der Waals surface area contributed by atoms with Crippen molar-refractivity contribution in [2.75, 3.05) is 6.54 Å². The Bertz CT molecular complexity index is 718. The lowest BCUT2D eigenvalue weighted by Crippen LogP contribution is -2.41. The Balaban J connectivity index is 1.95. The second kappa shape index (κ2) is 5.27. The van der Waals surface area contributed by atoms with E-state index in [1.54, 1.807) is 11.2 Å². The van der Waals surface area contributed by atoms with Gasteiger partial charge in [0.15, 0.2) is 5.82 Å². The molecule has 0 fully saturated rings. The molecule has 0 radical (unpaired) electrons. The third kappa shape index (κ3) is 2.38. The van der Waals surface area contributed by atoms with Crippen LogP contribution >= 0.6 is 23.2 Å². The molecule has 1 amide bonds. The molecule has 0 aliphatic carbocycles. The normalized spacial score (nSPS) is 17.7. The van der Waals surface area contributed by atoms with Gasteiger partial charge in [0, 0.05) is 13.1 Å². The first-order valence-corrected chi connectivity index (χ1v) is 7.08. The van der Waals surface area contributed by atoms with Crippen LogP contribution in [0.15, 0.2) is 18.5 Å². The summed E-state index contributed by atoms with van der Waals surface area (Å²) in [6.45, 7) is 2.91. The minimum absolute atomic E-state index is 0.0957. The highest BCUT2D eigenvalue weighted by Crippen LogP contribution is 2.29. The van der Waals surface area contributed by atoms with Crippen molar-refractivity contribution in [2.45, 2.75) is 19.5 Å². The third-order valence-corrected chi connectivity index (χ3v) is 4.17. The SMILES string of the molecule is CC1c2nncn2CCN1C(=O)c1cc(F)c(Cl)cc1Cl. The van der Waals surface area contributed by atoms with Crippen LogP contribution in [0.25, 0.3) is 0 Å². The van der Waals surface area contributed by atoms with Crippen LogP contribution in [0.4, 0.5) is 4.39 Å². The summed E-state index contributed by atoms with van der Waals surface area (Å²) in [4.78, 5) is 14.2. The lowest BCUT2D eigenvalue weighted by molar-refractivity contribution is 0.0637. The van der Waals surface area contributed by atoms with Crippen molar-refractivity contribution in [3.05, 3.63) is 45.7 Å². The first-order valence-electron chi connectivity index (χ1n) is 6.32. The van der Waals surface area contributed by atoms with E-state index < -0.39 is 5.82 Å². The van der Waals surface area contributed by atoms with Gasteiger partial charge in [-0.15, -0.1) is 10.2 Å². The molecule has 1 aliphatic rings. The van der Waals surface area contributed by atoms with Gasteiger partial charge in [0.2, 0.25) is 0 Å². The highest BCUT2D eigenvalue weighted by molar-refractivity contribution is 6.36. The molecule has 0 saturated carbocycles. The van der Waals surface area contributed by atoms with E-state index in [9.17, 15) is 9.18 Å². The van der Waals surface area contributed by atoms with E-state index in [-0.39, 0.29) is 27.6 Å². The molecule has 1 aromatic carbocycles. The number of hydrogen-bond acceptors (Lipinski definition) is 3. The molecule has 1 aromatic heterocycles. The maximum atomic E-state index is 13.6. The quantitative estimate of drug-likeness (QED) is 0.756. The molecule has 21 heavy (non-hydrogen) atoms. The summed E-state index contributed by atoms with van der Waals surface area (Å²) in [5.41, 5.74) is 0.0957. The van der Waals surface area contributed by atoms with E-state index >= 15 is 0 Å². The number of carbonyl (C=O) groups excluding carboxylic acids is 1. The van der Waals surface area contributed by atoms with E-state index in [1.807, 2.05) is 11.5 Å². The number of hydrogen-bond donors (Lipinski definition) is 0. The van der Waals surface area contributed by atoms with Gasteiger partial charge in [-0.25, -0.2) is 4.39 Å².